The monoisotopic (exact) mass is 284 g/mol. The number of nitrogens with two attached hydrogens (primary N) is 1. The Kier molecular flexibility index (Phi) is 4.55. The minimum absolute atomic E-state index is 0.181. The fraction of sp³-hybridized carbons (Fsp3) is 0.571. The second-order valence-electron chi connectivity index (χ2n) is 5.12. The first-order valence-corrected chi connectivity index (χ1v) is 6.85. The number of hydrogen-bond donors (Lipinski definition) is 1. The van der Waals surface area contributed by atoms with Crippen LogP contribution in [0, 0.1) is 0 Å². The molecule has 0 saturated carbocycles. The number of likely N-dealkylation sites (N-methyl/N-ethyl adjacent to an activating group) is 1. The van der Waals surface area contributed by atoms with Gasteiger partial charge >= 0.3 is 0 Å². The fourth-order valence-electron chi connectivity index (χ4n) is 2.24. The van der Waals surface area contributed by atoms with Gasteiger partial charge in [-0.2, -0.15) is 0 Å². The molecule has 106 valence electrons. The first kappa shape index (κ1) is 14.4. The Labute approximate surface area is 119 Å². The van der Waals surface area contributed by atoms with Gasteiger partial charge in [-0.25, -0.2) is 0 Å². The van der Waals surface area contributed by atoms with E-state index in [0.717, 1.165) is 24.4 Å². The summed E-state index contributed by atoms with van der Waals surface area (Å²) in [4.78, 5) is 2.21. The Hall–Kier alpha value is -0.970. The number of rotatable bonds is 5. The lowest BCUT2D eigenvalue weighted by Gasteiger charge is -2.37. The van der Waals surface area contributed by atoms with Crippen LogP contribution in [-0.2, 0) is 0 Å². The quantitative estimate of drug-likeness (QED) is 0.900. The Balaban J connectivity index is 2.31. The summed E-state index contributed by atoms with van der Waals surface area (Å²) >= 11 is 6.12. The highest BCUT2D eigenvalue weighted by molar-refractivity contribution is 6.30. The molecule has 1 heterocycles. The Morgan fingerprint density at radius 3 is 2.68 bits per heavy atom. The molecule has 0 aliphatic carbocycles. The minimum atomic E-state index is 0.181. The van der Waals surface area contributed by atoms with Crippen LogP contribution in [0.1, 0.15) is 18.4 Å². The van der Waals surface area contributed by atoms with E-state index in [-0.39, 0.29) is 12.0 Å². The summed E-state index contributed by atoms with van der Waals surface area (Å²) in [7, 11) is 3.70. The van der Waals surface area contributed by atoms with E-state index in [1.54, 1.807) is 13.2 Å². The minimum Gasteiger partial charge on any atom is -0.493 e. The standard InChI is InChI=1S/C14H21ClN2O2/c1-9(6-16)12-4-10(15)5-13(18-3)14(12)19-11-7-17(2)8-11/h4-5,9,11H,6-8,16H2,1-3H3. The van der Waals surface area contributed by atoms with E-state index in [1.807, 2.05) is 6.07 Å². The van der Waals surface area contributed by atoms with Crippen molar-refractivity contribution in [2.45, 2.75) is 18.9 Å². The van der Waals surface area contributed by atoms with Crippen molar-refractivity contribution in [3.05, 3.63) is 22.7 Å². The molecule has 0 amide bonds. The van der Waals surface area contributed by atoms with Gasteiger partial charge in [0.1, 0.15) is 6.10 Å². The van der Waals surface area contributed by atoms with Gasteiger partial charge in [0.15, 0.2) is 11.5 Å². The van der Waals surface area contributed by atoms with Crippen molar-refractivity contribution in [1.82, 2.24) is 4.90 Å². The molecule has 2 N–H and O–H groups in total. The smallest absolute Gasteiger partial charge is 0.165 e. The van der Waals surface area contributed by atoms with Crippen LogP contribution in [0.25, 0.3) is 0 Å². The molecule has 0 radical (unpaired) electrons. The first-order chi connectivity index (χ1) is 9.05. The summed E-state index contributed by atoms with van der Waals surface area (Å²) in [5.41, 5.74) is 6.78. The van der Waals surface area contributed by atoms with Crippen molar-refractivity contribution < 1.29 is 9.47 Å². The molecule has 5 heteroatoms. The Bertz CT molecular complexity index is 447. The number of nitrogens with zero attached hydrogens (tertiary/aromatic N) is 1. The Morgan fingerprint density at radius 1 is 1.47 bits per heavy atom. The maximum atomic E-state index is 6.12. The van der Waals surface area contributed by atoms with Crippen LogP contribution < -0.4 is 15.2 Å². The SMILES string of the molecule is COc1cc(Cl)cc(C(C)CN)c1OC1CN(C)C1. The topological polar surface area (TPSA) is 47.7 Å². The van der Waals surface area contributed by atoms with E-state index in [2.05, 4.69) is 18.9 Å². The molecule has 1 unspecified atom stereocenters. The highest BCUT2D eigenvalue weighted by Gasteiger charge is 2.28. The van der Waals surface area contributed by atoms with Gasteiger partial charge in [-0.1, -0.05) is 18.5 Å². The largest absolute Gasteiger partial charge is 0.493 e. The number of hydrogen-bond acceptors (Lipinski definition) is 4. The third-order valence-electron chi connectivity index (χ3n) is 3.47. The van der Waals surface area contributed by atoms with Gasteiger partial charge in [0.2, 0.25) is 0 Å². The van der Waals surface area contributed by atoms with Gasteiger partial charge in [0.25, 0.3) is 0 Å². The molecule has 1 aromatic carbocycles. The number of ether oxygens (including phenoxy) is 2. The second kappa shape index (κ2) is 5.99. The third-order valence-corrected chi connectivity index (χ3v) is 3.69. The van der Waals surface area contributed by atoms with Gasteiger partial charge in [0, 0.05) is 29.7 Å². The molecule has 0 spiro atoms. The molecule has 1 aromatic rings. The lowest BCUT2D eigenvalue weighted by Crippen LogP contribution is -2.51. The van der Waals surface area contributed by atoms with E-state index in [9.17, 15) is 0 Å². The predicted molar refractivity (Wildman–Crippen MR) is 77.4 cm³/mol. The highest BCUT2D eigenvalue weighted by atomic mass is 35.5. The van der Waals surface area contributed by atoms with Crippen LogP contribution in [0.15, 0.2) is 12.1 Å². The van der Waals surface area contributed by atoms with E-state index in [0.29, 0.717) is 17.3 Å². The maximum absolute atomic E-state index is 6.12. The summed E-state index contributed by atoms with van der Waals surface area (Å²) in [6.45, 7) is 4.47. The van der Waals surface area contributed by atoms with Crippen LogP contribution in [0.4, 0.5) is 0 Å². The zero-order chi connectivity index (χ0) is 14.0. The van der Waals surface area contributed by atoms with Crippen molar-refractivity contribution in [2.75, 3.05) is 33.8 Å². The van der Waals surface area contributed by atoms with Crippen LogP contribution in [0.5, 0.6) is 11.5 Å². The van der Waals surface area contributed by atoms with Crippen LogP contribution in [0.3, 0.4) is 0 Å². The molecule has 1 atom stereocenters. The zero-order valence-electron chi connectivity index (χ0n) is 11.6. The molecule has 1 fully saturated rings. The molecule has 1 aliphatic heterocycles. The van der Waals surface area contributed by atoms with E-state index in [4.69, 9.17) is 26.8 Å². The first-order valence-electron chi connectivity index (χ1n) is 6.47. The van der Waals surface area contributed by atoms with Crippen LogP contribution in [-0.4, -0.2) is 44.8 Å². The molecular weight excluding hydrogens is 264 g/mol. The van der Waals surface area contributed by atoms with Gasteiger partial charge in [-0.15, -0.1) is 0 Å². The molecule has 0 aromatic heterocycles. The number of halogens is 1. The van der Waals surface area contributed by atoms with Crippen molar-refractivity contribution in [3.8, 4) is 11.5 Å². The lowest BCUT2D eigenvalue weighted by molar-refractivity contribution is 0.0360. The number of likely N-dealkylation sites (tertiary alicyclic amines) is 1. The highest BCUT2D eigenvalue weighted by Crippen LogP contribution is 2.39. The number of benzene rings is 1. The van der Waals surface area contributed by atoms with Crippen molar-refractivity contribution >= 4 is 11.6 Å². The lowest BCUT2D eigenvalue weighted by atomic mass is 9.99. The van der Waals surface area contributed by atoms with E-state index in [1.165, 1.54) is 0 Å². The zero-order valence-corrected chi connectivity index (χ0v) is 12.4. The van der Waals surface area contributed by atoms with Crippen molar-refractivity contribution in [3.63, 3.8) is 0 Å². The molecule has 1 saturated heterocycles. The van der Waals surface area contributed by atoms with Gasteiger partial charge in [-0.3, -0.25) is 4.90 Å². The summed E-state index contributed by atoms with van der Waals surface area (Å²) in [5, 5.41) is 0.644. The molecule has 2 rings (SSSR count). The summed E-state index contributed by atoms with van der Waals surface area (Å²) in [6.07, 6.45) is 0.212. The maximum Gasteiger partial charge on any atom is 0.165 e. The van der Waals surface area contributed by atoms with Crippen LogP contribution in [0.2, 0.25) is 5.02 Å². The average molecular weight is 285 g/mol. The average Bonchev–Trinajstić information content (AvgIpc) is 2.37. The summed E-state index contributed by atoms with van der Waals surface area (Å²) in [6, 6.07) is 3.70. The second-order valence-corrected chi connectivity index (χ2v) is 5.56. The molecular formula is C14H21ClN2O2. The predicted octanol–water partition coefficient (Wildman–Crippen LogP) is 2.10. The molecule has 4 nitrogen and oxygen atoms in total. The fourth-order valence-corrected chi connectivity index (χ4v) is 2.46. The normalized spacial score (nSPS) is 17.9. The van der Waals surface area contributed by atoms with Gasteiger partial charge in [-0.05, 0) is 25.6 Å². The molecule has 1 aliphatic rings. The van der Waals surface area contributed by atoms with Gasteiger partial charge < -0.3 is 15.2 Å². The summed E-state index contributed by atoms with van der Waals surface area (Å²) < 4.78 is 11.5. The summed E-state index contributed by atoms with van der Waals surface area (Å²) in [5.74, 6) is 1.64. The number of methoxy groups -OCH3 is 1. The van der Waals surface area contributed by atoms with Crippen molar-refractivity contribution in [1.29, 1.82) is 0 Å². The molecule has 0 bridgehead atoms. The van der Waals surface area contributed by atoms with Crippen molar-refractivity contribution in [2.24, 2.45) is 5.73 Å². The third kappa shape index (κ3) is 3.14. The van der Waals surface area contributed by atoms with E-state index >= 15 is 0 Å². The Morgan fingerprint density at radius 2 is 2.16 bits per heavy atom. The molecule has 19 heavy (non-hydrogen) atoms. The van der Waals surface area contributed by atoms with Crippen LogP contribution >= 0.6 is 11.6 Å². The van der Waals surface area contributed by atoms with E-state index < -0.39 is 0 Å². The van der Waals surface area contributed by atoms with Gasteiger partial charge in [0.05, 0.1) is 7.11 Å².